The first-order valence-corrected chi connectivity index (χ1v) is 9.79. The van der Waals surface area contributed by atoms with Crippen LogP contribution in [0.4, 0.5) is 5.69 Å². The van der Waals surface area contributed by atoms with Crippen molar-refractivity contribution in [3.63, 3.8) is 0 Å². The van der Waals surface area contributed by atoms with E-state index in [2.05, 4.69) is 10.00 Å². The molecule has 1 amide bonds. The number of amides is 1. The summed E-state index contributed by atoms with van der Waals surface area (Å²) in [5.41, 5.74) is 1.91. The monoisotopic (exact) mass is 418 g/mol. The van der Waals surface area contributed by atoms with Crippen molar-refractivity contribution >= 4 is 45.7 Å². The summed E-state index contributed by atoms with van der Waals surface area (Å²) in [6.45, 7) is 2.98. The lowest BCUT2D eigenvalue weighted by Crippen LogP contribution is -2.49. The molecule has 6 nitrogen and oxygen atoms in total. The predicted molar refractivity (Wildman–Crippen MR) is 112 cm³/mol. The van der Waals surface area contributed by atoms with E-state index in [1.807, 2.05) is 47.4 Å². The fourth-order valence-electron chi connectivity index (χ4n) is 3.49. The zero-order valence-corrected chi connectivity index (χ0v) is 17.0. The topological polar surface area (TPSA) is 50.6 Å². The molecule has 1 aromatic heterocycles. The van der Waals surface area contributed by atoms with Crippen molar-refractivity contribution in [1.29, 1.82) is 0 Å². The molecule has 0 bridgehead atoms. The minimum absolute atomic E-state index is 0.0401. The number of carbonyl (C=O) groups is 1. The van der Waals surface area contributed by atoms with E-state index in [0.717, 1.165) is 29.7 Å². The van der Waals surface area contributed by atoms with Crippen LogP contribution >= 0.6 is 23.2 Å². The summed E-state index contributed by atoms with van der Waals surface area (Å²) in [7, 11) is 1.60. The fraction of sp³-hybridized carbons (Fsp3) is 0.300. The van der Waals surface area contributed by atoms with Crippen LogP contribution in [0, 0.1) is 0 Å². The predicted octanol–water partition coefficient (Wildman–Crippen LogP) is 3.70. The van der Waals surface area contributed by atoms with Gasteiger partial charge in [0.05, 0.1) is 17.6 Å². The molecule has 0 saturated carbocycles. The third-order valence-corrected chi connectivity index (χ3v) is 5.62. The number of carbonyl (C=O) groups excluding carboxylic acids is 1. The van der Waals surface area contributed by atoms with E-state index in [1.54, 1.807) is 11.8 Å². The van der Waals surface area contributed by atoms with Gasteiger partial charge in [-0.1, -0.05) is 35.3 Å². The van der Waals surface area contributed by atoms with E-state index in [9.17, 15) is 4.79 Å². The van der Waals surface area contributed by atoms with Crippen molar-refractivity contribution in [2.24, 2.45) is 0 Å². The first-order valence-electron chi connectivity index (χ1n) is 9.04. The zero-order chi connectivity index (χ0) is 19.7. The van der Waals surface area contributed by atoms with Crippen molar-refractivity contribution in [3.05, 3.63) is 52.6 Å². The Hall–Kier alpha value is -2.44. The van der Waals surface area contributed by atoms with Gasteiger partial charge < -0.3 is 14.5 Å². The number of ether oxygens (including phenoxy) is 1. The Morgan fingerprint density at radius 3 is 2.61 bits per heavy atom. The number of anilines is 1. The summed E-state index contributed by atoms with van der Waals surface area (Å²) in [6.07, 6.45) is 0. The lowest BCUT2D eigenvalue weighted by molar-refractivity contribution is -0.132. The second-order valence-electron chi connectivity index (χ2n) is 6.65. The maximum Gasteiger partial charge on any atom is 0.244 e. The Balaban J connectivity index is 1.41. The van der Waals surface area contributed by atoms with Crippen LogP contribution in [0.15, 0.2) is 42.5 Å². The Morgan fingerprint density at radius 1 is 1.11 bits per heavy atom. The van der Waals surface area contributed by atoms with Crippen LogP contribution in [0.3, 0.4) is 0 Å². The van der Waals surface area contributed by atoms with Crippen LogP contribution in [-0.2, 0) is 11.3 Å². The minimum atomic E-state index is 0.0401. The first kappa shape index (κ1) is 18.9. The van der Waals surface area contributed by atoms with Gasteiger partial charge in [-0.2, -0.15) is 5.10 Å². The average molecular weight is 419 g/mol. The standard InChI is InChI=1S/C20H20Cl2N4O2/c1-28-18-12-14(6-7-16(18)21)24-8-10-25(11-9-24)19(27)13-26-17-5-3-2-4-15(17)20(22)23-26/h2-7,12H,8-11,13H2,1H3. The fourth-order valence-corrected chi connectivity index (χ4v) is 3.94. The maximum absolute atomic E-state index is 12.8. The Morgan fingerprint density at radius 2 is 1.86 bits per heavy atom. The van der Waals surface area contributed by atoms with Gasteiger partial charge in [-0.05, 0) is 24.3 Å². The molecule has 1 aliphatic rings. The normalized spacial score (nSPS) is 14.5. The molecule has 1 aliphatic heterocycles. The molecule has 28 heavy (non-hydrogen) atoms. The summed E-state index contributed by atoms with van der Waals surface area (Å²) < 4.78 is 6.97. The number of methoxy groups -OCH3 is 1. The average Bonchev–Trinajstić information content (AvgIpc) is 3.04. The van der Waals surface area contributed by atoms with E-state index < -0.39 is 0 Å². The highest BCUT2D eigenvalue weighted by Crippen LogP contribution is 2.30. The summed E-state index contributed by atoms with van der Waals surface area (Å²) in [5.74, 6) is 0.693. The number of hydrogen-bond donors (Lipinski definition) is 0. The van der Waals surface area contributed by atoms with E-state index in [-0.39, 0.29) is 12.5 Å². The second kappa shape index (κ2) is 7.89. The number of halogens is 2. The van der Waals surface area contributed by atoms with Crippen LogP contribution in [0.2, 0.25) is 10.2 Å². The molecule has 146 valence electrons. The van der Waals surface area contributed by atoms with E-state index in [0.29, 0.717) is 29.0 Å². The molecular weight excluding hydrogens is 399 g/mol. The zero-order valence-electron chi connectivity index (χ0n) is 15.4. The smallest absolute Gasteiger partial charge is 0.244 e. The van der Waals surface area contributed by atoms with Crippen molar-refractivity contribution in [2.75, 3.05) is 38.2 Å². The highest BCUT2D eigenvalue weighted by Gasteiger charge is 2.23. The molecule has 0 atom stereocenters. The van der Waals surface area contributed by atoms with Gasteiger partial charge in [0, 0.05) is 43.3 Å². The van der Waals surface area contributed by atoms with Crippen LogP contribution in [0.1, 0.15) is 0 Å². The first-order chi connectivity index (χ1) is 13.6. The number of nitrogens with zero attached hydrogens (tertiary/aromatic N) is 4. The molecule has 2 aromatic carbocycles. The lowest BCUT2D eigenvalue weighted by Gasteiger charge is -2.36. The van der Waals surface area contributed by atoms with Gasteiger partial charge in [0.15, 0.2) is 5.15 Å². The van der Waals surface area contributed by atoms with Gasteiger partial charge in [-0.15, -0.1) is 0 Å². The van der Waals surface area contributed by atoms with E-state index >= 15 is 0 Å². The van der Waals surface area contributed by atoms with Crippen LogP contribution < -0.4 is 9.64 Å². The quantitative estimate of drug-likeness (QED) is 0.647. The number of para-hydroxylation sites is 1. The molecule has 0 aliphatic carbocycles. The largest absolute Gasteiger partial charge is 0.495 e. The lowest BCUT2D eigenvalue weighted by atomic mass is 10.2. The van der Waals surface area contributed by atoms with Gasteiger partial charge in [0.2, 0.25) is 5.91 Å². The molecule has 4 rings (SSSR count). The van der Waals surface area contributed by atoms with Crippen molar-refractivity contribution in [3.8, 4) is 5.75 Å². The summed E-state index contributed by atoms with van der Waals surface area (Å²) in [4.78, 5) is 16.9. The summed E-state index contributed by atoms with van der Waals surface area (Å²) in [6, 6.07) is 13.4. The van der Waals surface area contributed by atoms with Crippen LogP contribution in [0.5, 0.6) is 5.75 Å². The highest BCUT2D eigenvalue weighted by molar-refractivity contribution is 6.34. The molecule has 1 saturated heterocycles. The van der Waals surface area contributed by atoms with Crippen molar-refractivity contribution < 1.29 is 9.53 Å². The van der Waals surface area contributed by atoms with Gasteiger partial charge in [-0.25, -0.2) is 0 Å². The van der Waals surface area contributed by atoms with Gasteiger partial charge in [0.1, 0.15) is 12.3 Å². The third-order valence-electron chi connectivity index (χ3n) is 5.03. The van der Waals surface area contributed by atoms with Crippen LogP contribution in [0.25, 0.3) is 10.9 Å². The SMILES string of the molecule is COc1cc(N2CCN(C(=O)Cn3nc(Cl)c4ccccc43)CC2)ccc1Cl. The van der Waals surface area contributed by atoms with Crippen molar-refractivity contribution in [2.45, 2.75) is 6.54 Å². The summed E-state index contributed by atoms with van der Waals surface area (Å²) in [5, 5.41) is 6.18. The molecule has 0 unspecified atom stereocenters. The number of aromatic nitrogens is 2. The molecule has 2 heterocycles. The summed E-state index contributed by atoms with van der Waals surface area (Å²) >= 11 is 12.3. The Labute approximate surface area is 173 Å². The Bertz CT molecular complexity index is 1010. The molecule has 0 N–H and O–H groups in total. The third kappa shape index (κ3) is 3.62. The van der Waals surface area contributed by atoms with Gasteiger partial charge in [0.25, 0.3) is 0 Å². The number of rotatable bonds is 4. The van der Waals surface area contributed by atoms with E-state index in [4.69, 9.17) is 27.9 Å². The number of benzene rings is 2. The Kier molecular flexibility index (Phi) is 5.33. The molecule has 3 aromatic rings. The highest BCUT2D eigenvalue weighted by atomic mass is 35.5. The van der Waals surface area contributed by atoms with Crippen LogP contribution in [-0.4, -0.2) is 53.9 Å². The van der Waals surface area contributed by atoms with Gasteiger partial charge in [-0.3, -0.25) is 9.48 Å². The maximum atomic E-state index is 12.8. The van der Waals surface area contributed by atoms with Gasteiger partial charge >= 0.3 is 0 Å². The number of piperazine rings is 1. The molecule has 0 spiro atoms. The molecule has 8 heteroatoms. The minimum Gasteiger partial charge on any atom is -0.495 e. The number of fused-ring (bicyclic) bond motifs is 1. The van der Waals surface area contributed by atoms with E-state index in [1.165, 1.54) is 0 Å². The molecule has 0 radical (unpaired) electrons. The molecule has 1 fully saturated rings. The van der Waals surface area contributed by atoms with Crippen molar-refractivity contribution in [1.82, 2.24) is 14.7 Å². The number of hydrogen-bond acceptors (Lipinski definition) is 4. The second-order valence-corrected chi connectivity index (χ2v) is 7.42. The molecular formula is C20H20Cl2N4O2.